The van der Waals surface area contributed by atoms with Gasteiger partial charge < -0.3 is 0 Å². The van der Waals surface area contributed by atoms with E-state index in [0.29, 0.717) is 0 Å². The van der Waals surface area contributed by atoms with Crippen molar-refractivity contribution in [3.05, 3.63) is 0 Å². The molecule has 0 N–H and O–H groups in total. The Balaban J connectivity index is 4.23. The lowest BCUT2D eigenvalue weighted by Crippen LogP contribution is -2.42. The maximum Gasteiger partial charge on any atom is 0.0381 e. The van der Waals surface area contributed by atoms with Crippen molar-refractivity contribution in [2.45, 2.75) is 135 Å². The predicted molar refractivity (Wildman–Crippen MR) is 118 cm³/mol. The number of hydrogen-bond acceptors (Lipinski definition) is 0. The fraction of sp³-hybridized carbons (Fsp3) is 1.00. The lowest BCUT2D eigenvalue weighted by atomic mass is 10.2. The van der Waals surface area contributed by atoms with E-state index in [9.17, 15) is 0 Å². The molecule has 0 atom stereocenters. The Bertz CT molecular complexity index is 207. The van der Waals surface area contributed by atoms with Crippen LogP contribution >= 0.6 is 0 Å². The molecule has 5 radical (unpaired) electrons. The van der Waals surface area contributed by atoms with Gasteiger partial charge in [-0.05, 0) is 0 Å². The second-order valence-electron chi connectivity index (χ2n) is 7.90. The molecule has 0 saturated carbocycles. The first kappa shape index (κ1) is 24.7. The average molecular weight is 382 g/mol. The van der Waals surface area contributed by atoms with Gasteiger partial charge in [0.05, 0.1) is 0 Å². The summed E-state index contributed by atoms with van der Waals surface area (Å²) < 4.78 is 0. The van der Waals surface area contributed by atoms with Gasteiger partial charge in [0, 0.05) is 25.9 Å². The molecule has 24 heavy (non-hydrogen) atoms. The van der Waals surface area contributed by atoms with Crippen molar-refractivity contribution in [3.63, 3.8) is 0 Å². The van der Waals surface area contributed by atoms with Gasteiger partial charge in [0.15, 0.2) is 0 Å². The molecule has 0 aliphatic rings. The van der Waals surface area contributed by atoms with Crippen molar-refractivity contribution in [1.29, 1.82) is 0 Å². The standard InChI is InChI=1S/C21H45Si3/c1-4-7-10-13-16-19-24(23-22,20-17-14-11-8-5-2)21-18-15-12-9-6-3/h4-21H2,1-3H3. The normalized spacial score (nSPS) is 12.0. The summed E-state index contributed by atoms with van der Waals surface area (Å²) in [6.07, 6.45) is 21.9. The minimum Gasteiger partial charge on any atom is -0.0654 e. The van der Waals surface area contributed by atoms with Crippen LogP contribution in [0.3, 0.4) is 0 Å². The molecular formula is C21H45Si3. The summed E-state index contributed by atoms with van der Waals surface area (Å²) in [5.74, 6) is 0. The molecule has 3 heteroatoms. The van der Waals surface area contributed by atoms with Gasteiger partial charge in [0.2, 0.25) is 0 Å². The van der Waals surface area contributed by atoms with Crippen molar-refractivity contribution >= 4 is 25.9 Å². The van der Waals surface area contributed by atoms with Gasteiger partial charge in [-0.25, -0.2) is 0 Å². The van der Waals surface area contributed by atoms with Crippen LogP contribution in [0.15, 0.2) is 0 Å². The third kappa shape index (κ3) is 13.9. The molecule has 0 aliphatic carbocycles. The van der Waals surface area contributed by atoms with Crippen LogP contribution in [-0.4, -0.2) is 25.9 Å². The molecule has 0 heterocycles. The molecule has 141 valence electrons. The van der Waals surface area contributed by atoms with Crippen LogP contribution in [0.1, 0.15) is 117 Å². The minimum atomic E-state index is -1.01. The zero-order valence-corrected chi connectivity index (χ0v) is 20.2. The molecule has 0 nitrogen and oxygen atoms in total. The van der Waals surface area contributed by atoms with E-state index in [1.807, 2.05) is 0 Å². The fourth-order valence-corrected chi connectivity index (χ4v) is 13.8. The van der Waals surface area contributed by atoms with Crippen LogP contribution in [-0.2, 0) is 0 Å². The topological polar surface area (TPSA) is 0 Å². The Morgan fingerprint density at radius 3 is 1.04 bits per heavy atom. The van der Waals surface area contributed by atoms with Gasteiger partial charge in [0.25, 0.3) is 0 Å². The third-order valence-electron chi connectivity index (χ3n) is 5.54. The molecule has 0 saturated heterocycles. The summed E-state index contributed by atoms with van der Waals surface area (Å²) in [6.45, 7) is 6.97. The quantitative estimate of drug-likeness (QED) is 0.159. The van der Waals surface area contributed by atoms with Gasteiger partial charge in [-0.15, -0.1) is 0 Å². The smallest absolute Gasteiger partial charge is 0.0381 e. The minimum absolute atomic E-state index is 1.01. The fourth-order valence-electron chi connectivity index (χ4n) is 3.76. The molecule has 0 aliphatic heterocycles. The van der Waals surface area contributed by atoms with E-state index in [1.165, 1.54) is 96.3 Å². The Morgan fingerprint density at radius 2 is 0.792 bits per heavy atom. The Labute approximate surface area is 161 Å². The van der Waals surface area contributed by atoms with Crippen LogP contribution in [0.5, 0.6) is 0 Å². The number of rotatable bonds is 19. The van der Waals surface area contributed by atoms with E-state index >= 15 is 0 Å². The molecule has 0 aromatic carbocycles. The van der Waals surface area contributed by atoms with Gasteiger partial charge in [-0.3, -0.25) is 0 Å². The summed E-state index contributed by atoms with van der Waals surface area (Å²) in [7, 11) is 4.16. The van der Waals surface area contributed by atoms with E-state index in [2.05, 4.69) is 30.5 Å². The SMILES string of the molecule is CCCCCCC[Si](CCCCCCC)(CCCCCCC)[Si][Si]. The van der Waals surface area contributed by atoms with Crippen molar-refractivity contribution < 1.29 is 0 Å². The Kier molecular flexibility index (Phi) is 18.9. The molecule has 0 fully saturated rings. The largest absolute Gasteiger partial charge is 0.0654 e. The third-order valence-corrected chi connectivity index (χ3v) is 18.6. The van der Waals surface area contributed by atoms with Gasteiger partial charge in [0.1, 0.15) is 0 Å². The van der Waals surface area contributed by atoms with E-state index in [-0.39, 0.29) is 0 Å². The zero-order valence-electron chi connectivity index (χ0n) is 17.2. The van der Waals surface area contributed by atoms with Crippen LogP contribution in [0.2, 0.25) is 18.1 Å². The Hall–Kier alpha value is 0.651. The van der Waals surface area contributed by atoms with E-state index < -0.39 is 7.59 Å². The van der Waals surface area contributed by atoms with Gasteiger partial charge in [-0.2, -0.15) is 0 Å². The summed E-state index contributed by atoms with van der Waals surface area (Å²) in [4.78, 5) is 0. The lowest BCUT2D eigenvalue weighted by Gasteiger charge is -2.31. The highest BCUT2D eigenvalue weighted by Crippen LogP contribution is 2.28. The molecule has 0 aromatic rings. The van der Waals surface area contributed by atoms with Crippen molar-refractivity contribution in [1.82, 2.24) is 0 Å². The first-order chi connectivity index (χ1) is 11.7. The molecule has 0 rings (SSSR count). The zero-order chi connectivity index (χ0) is 17.9. The monoisotopic (exact) mass is 381 g/mol. The summed E-state index contributed by atoms with van der Waals surface area (Å²) >= 11 is 0. The molecular weight excluding hydrogens is 336 g/mol. The average Bonchev–Trinajstić information content (AvgIpc) is 2.60. The van der Waals surface area contributed by atoms with Crippen LogP contribution < -0.4 is 0 Å². The van der Waals surface area contributed by atoms with Crippen LogP contribution in [0.25, 0.3) is 0 Å². The van der Waals surface area contributed by atoms with E-state index in [0.717, 1.165) is 8.55 Å². The van der Waals surface area contributed by atoms with Gasteiger partial charge >= 0.3 is 0 Å². The predicted octanol–water partition coefficient (Wildman–Crippen LogP) is 7.63. The molecule has 0 bridgehead atoms. The highest BCUT2D eigenvalue weighted by atomic mass is 29.5. The summed E-state index contributed by atoms with van der Waals surface area (Å²) in [5.41, 5.74) is 0. The second-order valence-corrected chi connectivity index (χ2v) is 18.4. The maximum absolute atomic E-state index is 4.06. The van der Waals surface area contributed by atoms with Crippen molar-refractivity contribution in [2.24, 2.45) is 0 Å². The van der Waals surface area contributed by atoms with E-state index in [4.69, 9.17) is 0 Å². The van der Waals surface area contributed by atoms with Crippen molar-refractivity contribution in [3.8, 4) is 0 Å². The maximum atomic E-state index is 4.06. The summed E-state index contributed by atoms with van der Waals surface area (Å²) in [6, 6.07) is 4.83. The van der Waals surface area contributed by atoms with E-state index in [1.54, 1.807) is 18.1 Å². The number of unbranched alkanes of at least 4 members (excludes halogenated alkanes) is 12. The number of hydrogen-bond donors (Lipinski definition) is 0. The first-order valence-corrected chi connectivity index (χ1v) is 17.3. The molecule has 0 unspecified atom stereocenters. The highest BCUT2D eigenvalue weighted by molar-refractivity contribution is 7.40. The van der Waals surface area contributed by atoms with Crippen molar-refractivity contribution in [2.75, 3.05) is 0 Å². The first-order valence-electron chi connectivity index (χ1n) is 11.2. The molecule has 0 amide bonds. The van der Waals surface area contributed by atoms with Crippen LogP contribution in [0, 0.1) is 0 Å². The molecule has 0 spiro atoms. The highest BCUT2D eigenvalue weighted by Gasteiger charge is 2.29. The van der Waals surface area contributed by atoms with Gasteiger partial charge in [-0.1, -0.05) is 135 Å². The summed E-state index contributed by atoms with van der Waals surface area (Å²) in [5, 5.41) is 0. The Morgan fingerprint density at radius 1 is 0.500 bits per heavy atom. The molecule has 0 aromatic heterocycles. The second kappa shape index (κ2) is 18.4. The lowest BCUT2D eigenvalue weighted by molar-refractivity contribution is 0.634. The van der Waals surface area contributed by atoms with Crippen LogP contribution in [0.4, 0.5) is 0 Å².